The summed E-state index contributed by atoms with van der Waals surface area (Å²) in [6.45, 7) is 9.71. The zero-order valence-electron chi connectivity index (χ0n) is 27.0. The molecule has 9 nitrogen and oxygen atoms in total. The second kappa shape index (κ2) is 14.5. The van der Waals surface area contributed by atoms with Crippen LogP contribution >= 0.6 is 0 Å². The van der Waals surface area contributed by atoms with E-state index in [2.05, 4.69) is 21.3 Å². The SMILES string of the molecule is CN[C@@H](C)C(=O)N[C@H](C(=O)N1C[C@@H](NC(=O)c2ccc(C)cc2)C[C@H]1C(=O)NCc1cccc(-c2ccccc2)c1)C(C)(C)C. The quantitative estimate of drug-likeness (QED) is 0.278. The Kier molecular flexibility index (Phi) is 10.8. The number of carbonyl (C=O) groups excluding carboxylic acids is 4. The lowest BCUT2D eigenvalue weighted by Crippen LogP contribution is -2.59. The minimum atomic E-state index is -0.884. The third-order valence-electron chi connectivity index (χ3n) is 8.26. The Morgan fingerprint density at radius 1 is 0.911 bits per heavy atom. The van der Waals surface area contributed by atoms with Crippen LogP contribution in [0.3, 0.4) is 0 Å². The van der Waals surface area contributed by atoms with Gasteiger partial charge in [0.15, 0.2) is 0 Å². The summed E-state index contributed by atoms with van der Waals surface area (Å²) in [5, 5.41) is 11.8. The molecular weight excluding hydrogens is 566 g/mol. The van der Waals surface area contributed by atoms with Crippen LogP contribution in [0.5, 0.6) is 0 Å². The first kappa shape index (κ1) is 33.4. The van der Waals surface area contributed by atoms with Crippen molar-refractivity contribution >= 4 is 23.6 Å². The summed E-state index contributed by atoms with van der Waals surface area (Å²) < 4.78 is 0. The van der Waals surface area contributed by atoms with Crippen LogP contribution in [0.1, 0.15) is 55.6 Å². The van der Waals surface area contributed by atoms with Crippen LogP contribution in [0.4, 0.5) is 0 Å². The van der Waals surface area contributed by atoms with Crippen LogP contribution in [0.25, 0.3) is 11.1 Å². The number of carbonyl (C=O) groups is 4. The lowest BCUT2D eigenvalue weighted by molar-refractivity contribution is -0.144. The molecule has 0 saturated carbocycles. The van der Waals surface area contributed by atoms with Crippen LogP contribution in [-0.2, 0) is 20.9 Å². The van der Waals surface area contributed by atoms with Crippen molar-refractivity contribution in [3.05, 3.63) is 95.6 Å². The second-order valence-corrected chi connectivity index (χ2v) is 12.9. The molecule has 1 fully saturated rings. The first-order chi connectivity index (χ1) is 21.4. The highest BCUT2D eigenvalue weighted by Crippen LogP contribution is 2.27. The van der Waals surface area contributed by atoms with Crippen LogP contribution in [0, 0.1) is 12.3 Å². The fraction of sp³-hybridized carbons (Fsp3) is 0.389. The van der Waals surface area contributed by atoms with Gasteiger partial charge in [0.05, 0.1) is 6.04 Å². The molecule has 4 rings (SSSR count). The van der Waals surface area contributed by atoms with Gasteiger partial charge in [0.1, 0.15) is 12.1 Å². The van der Waals surface area contributed by atoms with E-state index in [1.165, 1.54) is 4.90 Å². The molecule has 3 aromatic rings. The lowest BCUT2D eigenvalue weighted by Gasteiger charge is -2.36. The van der Waals surface area contributed by atoms with Crippen LogP contribution in [0.15, 0.2) is 78.9 Å². The summed E-state index contributed by atoms with van der Waals surface area (Å²) in [5.41, 5.74) is 3.95. The van der Waals surface area contributed by atoms with Crippen molar-refractivity contribution in [2.45, 2.75) is 71.8 Å². The first-order valence-electron chi connectivity index (χ1n) is 15.4. The van der Waals surface area contributed by atoms with E-state index in [0.29, 0.717) is 5.56 Å². The molecule has 0 aromatic heterocycles. The van der Waals surface area contributed by atoms with Crippen molar-refractivity contribution < 1.29 is 19.2 Å². The zero-order valence-corrected chi connectivity index (χ0v) is 27.0. The lowest BCUT2D eigenvalue weighted by atomic mass is 9.85. The summed E-state index contributed by atoms with van der Waals surface area (Å²) in [7, 11) is 1.68. The van der Waals surface area contributed by atoms with Crippen LogP contribution < -0.4 is 21.3 Å². The summed E-state index contributed by atoms with van der Waals surface area (Å²) in [4.78, 5) is 55.4. The van der Waals surface area contributed by atoms with Gasteiger partial charge in [0, 0.05) is 24.7 Å². The van der Waals surface area contributed by atoms with Crippen molar-refractivity contribution in [2.75, 3.05) is 13.6 Å². The molecular formula is C36H45N5O4. The average Bonchev–Trinajstić information content (AvgIpc) is 3.45. The van der Waals surface area contributed by atoms with Crippen LogP contribution in [0.2, 0.25) is 0 Å². The van der Waals surface area contributed by atoms with Gasteiger partial charge < -0.3 is 26.2 Å². The topological polar surface area (TPSA) is 120 Å². The molecule has 238 valence electrons. The minimum absolute atomic E-state index is 0.141. The molecule has 1 saturated heterocycles. The standard InChI is InChI=1S/C36H45N5O4/c1-23-15-17-27(18-16-23)33(43)39-29-20-30(41(22-29)35(45)31(36(3,4)5)40-32(42)24(2)37-6)34(44)38-21-25-11-10-14-28(19-25)26-12-8-7-9-13-26/h7-19,24,29-31,37H,20-22H2,1-6H3,(H,38,44)(H,39,43)(H,40,42)/t24-,29-,30-,31+/m0/s1. The number of aryl methyl sites for hydroxylation is 1. The monoisotopic (exact) mass is 611 g/mol. The Morgan fingerprint density at radius 3 is 2.22 bits per heavy atom. The number of nitrogens with zero attached hydrogens (tertiary/aromatic N) is 1. The number of likely N-dealkylation sites (tertiary alicyclic amines) is 1. The molecule has 0 unspecified atom stereocenters. The van der Waals surface area contributed by atoms with E-state index in [-0.39, 0.29) is 43.1 Å². The van der Waals surface area contributed by atoms with Gasteiger partial charge in [-0.3, -0.25) is 19.2 Å². The molecule has 0 spiro atoms. The minimum Gasteiger partial charge on any atom is -0.350 e. The van der Waals surface area contributed by atoms with Crippen molar-refractivity contribution in [3.8, 4) is 11.1 Å². The van der Waals surface area contributed by atoms with Crippen LogP contribution in [-0.4, -0.2) is 66.3 Å². The highest BCUT2D eigenvalue weighted by atomic mass is 16.2. The Morgan fingerprint density at radius 2 is 1.58 bits per heavy atom. The molecule has 4 amide bonds. The van der Waals surface area contributed by atoms with Gasteiger partial charge in [-0.05, 0) is 67.6 Å². The maximum atomic E-state index is 14.2. The fourth-order valence-corrected chi connectivity index (χ4v) is 5.42. The van der Waals surface area contributed by atoms with E-state index in [4.69, 9.17) is 0 Å². The molecule has 4 N–H and O–H groups in total. The van der Waals surface area contributed by atoms with E-state index < -0.39 is 29.6 Å². The predicted molar refractivity (Wildman–Crippen MR) is 176 cm³/mol. The van der Waals surface area contributed by atoms with Gasteiger partial charge in [0.2, 0.25) is 17.7 Å². The number of likely N-dealkylation sites (N-methyl/N-ethyl adjacent to an activating group) is 1. The van der Waals surface area contributed by atoms with E-state index >= 15 is 0 Å². The van der Waals surface area contributed by atoms with Crippen molar-refractivity contribution in [1.29, 1.82) is 0 Å². The summed E-state index contributed by atoms with van der Waals surface area (Å²) in [5.74, 6) is -1.26. The Bertz CT molecular complexity index is 1500. The van der Waals surface area contributed by atoms with Crippen molar-refractivity contribution in [2.24, 2.45) is 5.41 Å². The Labute approximate surface area is 266 Å². The van der Waals surface area contributed by atoms with Gasteiger partial charge in [-0.1, -0.05) is 87.0 Å². The fourth-order valence-electron chi connectivity index (χ4n) is 5.42. The number of hydrogen-bond acceptors (Lipinski definition) is 5. The number of benzene rings is 3. The summed E-state index contributed by atoms with van der Waals surface area (Å²) in [6, 6.07) is 22.5. The van der Waals surface area contributed by atoms with Crippen molar-refractivity contribution in [3.63, 3.8) is 0 Å². The molecule has 45 heavy (non-hydrogen) atoms. The Balaban J connectivity index is 1.55. The van der Waals surface area contributed by atoms with Gasteiger partial charge in [-0.25, -0.2) is 0 Å². The molecule has 0 bridgehead atoms. The van der Waals surface area contributed by atoms with E-state index in [9.17, 15) is 19.2 Å². The third-order valence-corrected chi connectivity index (χ3v) is 8.26. The maximum absolute atomic E-state index is 14.2. The number of amides is 4. The number of hydrogen-bond donors (Lipinski definition) is 4. The predicted octanol–water partition coefficient (Wildman–Crippen LogP) is 3.82. The third kappa shape index (κ3) is 8.57. The molecule has 1 aliphatic rings. The van der Waals surface area contributed by atoms with Gasteiger partial charge in [-0.2, -0.15) is 0 Å². The second-order valence-electron chi connectivity index (χ2n) is 12.9. The Hall–Kier alpha value is -4.50. The van der Waals surface area contributed by atoms with Gasteiger partial charge in [-0.15, -0.1) is 0 Å². The summed E-state index contributed by atoms with van der Waals surface area (Å²) in [6.07, 6.45) is 0.247. The molecule has 0 radical (unpaired) electrons. The number of nitrogens with one attached hydrogen (secondary N) is 4. The van der Waals surface area contributed by atoms with Gasteiger partial charge in [0.25, 0.3) is 5.91 Å². The smallest absolute Gasteiger partial charge is 0.251 e. The molecule has 4 atom stereocenters. The zero-order chi connectivity index (χ0) is 32.7. The maximum Gasteiger partial charge on any atom is 0.251 e. The largest absolute Gasteiger partial charge is 0.350 e. The molecule has 1 aliphatic heterocycles. The summed E-state index contributed by atoms with van der Waals surface area (Å²) >= 11 is 0. The highest BCUT2D eigenvalue weighted by Gasteiger charge is 2.45. The molecule has 1 heterocycles. The van der Waals surface area contributed by atoms with Crippen molar-refractivity contribution in [1.82, 2.24) is 26.2 Å². The molecule has 3 aromatic carbocycles. The number of rotatable bonds is 10. The average molecular weight is 612 g/mol. The highest BCUT2D eigenvalue weighted by molar-refractivity contribution is 5.96. The normalized spacial score (nSPS) is 17.7. The van der Waals surface area contributed by atoms with Gasteiger partial charge >= 0.3 is 0 Å². The van der Waals surface area contributed by atoms with E-state index in [0.717, 1.165) is 22.3 Å². The molecule has 0 aliphatic carbocycles. The molecule has 9 heteroatoms. The van der Waals surface area contributed by atoms with E-state index in [1.807, 2.05) is 94.4 Å². The first-order valence-corrected chi connectivity index (χ1v) is 15.4. The van der Waals surface area contributed by atoms with E-state index in [1.54, 1.807) is 26.1 Å².